The lowest BCUT2D eigenvalue weighted by Gasteiger charge is -2.46. The van der Waals surface area contributed by atoms with Gasteiger partial charge in [0.1, 0.15) is 12.7 Å². The van der Waals surface area contributed by atoms with Crippen molar-refractivity contribution < 1.29 is 47.6 Å². The van der Waals surface area contributed by atoms with Gasteiger partial charge in [-0.05, 0) is 30.6 Å². The summed E-state index contributed by atoms with van der Waals surface area (Å²) in [5.41, 5.74) is 0. The molecule has 1 aliphatic carbocycles. The van der Waals surface area contributed by atoms with E-state index in [1.807, 2.05) is 0 Å². The molecule has 1 aliphatic heterocycles. The molecular formula is C24H38O10. The first kappa shape index (κ1) is 28.0. The Labute approximate surface area is 200 Å². The maximum atomic E-state index is 12.0. The third kappa shape index (κ3) is 7.94. The molecule has 34 heavy (non-hydrogen) atoms. The van der Waals surface area contributed by atoms with E-state index in [9.17, 15) is 19.2 Å². The molecule has 0 N–H and O–H groups in total. The first-order chi connectivity index (χ1) is 15.9. The number of hydrogen-bond acceptors (Lipinski definition) is 10. The molecule has 0 aromatic heterocycles. The summed E-state index contributed by atoms with van der Waals surface area (Å²) in [5, 5.41) is 0. The fourth-order valence-electron chi connectivity index (χ4n) is 4.74. The van der Waals surface area contributed by atoms with Crippen molar-refractivity contribution in [3.8, 4) is 0 Å². The molecule has 0 aromatic carbocycles. The maximum absolute atomic E-state index is 12.0. The van der Waals surface area contributed by atoms with Gasteiger partial charge in [0.05, 0.1) is 6.10 Å². The summed E-state index contributed by atoms with van der Waals surface area (Å²) >= 11 is 0. The second-order valence-corrected chi connectivity index (χ2v) is 9.57. The maximum Gasteiger partial charge on any atom is 0.303 e. The SMILES string of the molecule is CC(=O)OC[C@H]1OC(O[C@@H]2C[C@H](C)CC[C@H]2C(C)C)[C@H](OC(C)=O)[C@@H](OC(C)=O)[C@@H]1OC(C)=O. The molecule has 8 atom stereocenters. The summed E-state index contributed by atoms with van der Waals surface area (Å²) < 4.78 is 34.0. The van der Waals surface area contributed by atoms with E-state index in [-0.39, 0.29) is 18.6 Å². The van der Waals surface area contributed by atoms with E-state index >= 15 is 0 Å². The molecule has 0 bridgehead atoms. The second-order valence-electron chi connectivity index (χ2n) is 9.57. The fourth-order valence-corrected chi connectivity index (χ4v) is 4.74. The average Bonchev–Trinajstić information content (AvgIpc) is 2.69. The predicted octanol–water partition coefficient (Wildman–Crippen LogP) is 2.55. The van der Waals surface area contributed by atoms with Crippen LogP contribution in [0.5, 0.6) is 0 Å². The zero-order chi connectivity index (χ0) is 25.6. The van der Waals surface area contributed by atoms with E-state index in [0.29, 0.717) is 11.8 Å². The van der Waals surface area contributed by atoms with Gasteiger partial charge in [-0.1, -0.05) is 27.2 Å². The number of ether oxygens (including phenoxy) is 6. The lowest BCUT2D eigenvalue weighted by molar-refractivity contribution is -0.323. The summed E-state index contributed by atoms with van der Waals surface area (Å²) in [5.74, 6) is -1.50. The van der Waals surface area contributed by atoms with Gasteiger partial charge in [0.25, 0.3) is 0 Å². The van der Waals surface area contributed by atoms with Gasteiger partial charge in [-0.2, -0.15) is 0 Å². The molecule has 0 amide bonds. The Morgan fingerprint density at radius 2 is 1.38 bits per heavy atom. The van der Waals surface area contributed by atoms with Crippen molar-refractivity contribution in [3.05, 3.63) is 0 Å². The molecular weight excluding hydrogens is 448 g/mol. The topological polar surface area (TPSA) is 124 Å². The lowest BCUT2D eigenvalue weighted by Crippen LogP contribution is -2.63. The monoisotopic (exact) mass is 486 g/mol. The summed E-state index contributed by atoms with van der Waals surface area (Å²) in [7, 11) is 0. The van der Waals surface area contributed by atoms with Crippen LogP contribution in [0.15, 0.2) is 0 Å². The molecule has 194 valence electrons. The highest BCUT2D eigenvalue weighted by Gasteiger charge is 2.53. The molecule has 2 rings (SSSR count). The van der Waals surface area contributed by atoms with Crippen LogP contribution in [-0.2, 0) is 47.6 Å². The van der Waals surface area contributed by atoms with Crippen LogP contribution < -0.4 is 0 Å². The van der Waals surface area contributed by atoms with E-state index in [0.717, 1.165) is 19.3 Å². The third-order valence-electron chi connectivity index (χ3n) is 6.22. The minimum Gasteiger partial charge on any atom is -0.463 e. The van der Waals surface area contributed by atoms with Crippen molar-refractivity contribution in [1.29, 1.82) is 0 Å². The quantitative estimate of drug-likeness (QED) is 0.373. The summed E-state index contributed by atoms with van der Waals surface area (Å²) in [6.45, 7) is 11.0. The summed E-state index contributed by atoms with van der Waals surface area (Å²) in [6.07, 6.45) is -3.07. The lowest BCUT2D eigenvalue weighted by atomic mass is 9.75. The van der Waals surface area contributed by atoms with E-state index in [1.165, 1.54) is 27.7 Å². The molecule has 0 spiro atoms. The minimum atomic E-state index is -1.22. The molecule has 1 saturated heterocycles. The molecule has 1 saturated carbocycles. The first-order valence-corrected chi connectivity index (χ1v) is 11.8. The van der Waals surface area contributed by atoms with Crippen molar-refractivity contribution in [2.75, 3.05) is 6.61 Å². The fraction of sp³-hybridized carbons (Fsp3) is 0.833. The molecule has 0 radical (unpaired) electrons. The zero-order valence-corrected chi connectivity index (χ0v) is 21.1. The van der Waals surface area contributed by atoms with Gasteiger partial charge in [0.15, 0.2) is 24.6 Å². The van der Waals surface area contributed by atoms with Crippen molar-refractivity contribution >= 4 is 23.9 Å². The Kier molecular flexibility index (Phi) is 10.3. The van der Waals surface area contributed by atoms with Crippen molar-refractivity contribution in [2.24, 2.45) is 17.8 Å². The number of carbonyl (C=O) groups excluding carboxylic acids is 4. The Morgan fingerprint density at radius 1 is 0.824 bits per heavy atom. The first-order valence-electron chi connectivity index (χ1n) is 11.8. The minimum absolute atomic E-state index is 0.190. The van der Waals surface area contributed by atoms with E-state index in [4.69, 9.17) is 28.4 Å². The molecule has 0 aromatic rings. The van der Waals surface area contributed by atoms with Crippen LogP contribution in [0.3, 0.4) is 0 Å². The van der Waals surface area contributed by atoms with Crippen LogP contribution >= 0.6 is 0 Å². The van der Waals surface area contributed by atoms with E-state index < -0.39 is 54.6 Å². The number of carbonyl (C=O) groups is 4. The largest absolute Gasteiger partial charge is 0.463 e. The van der Waals surface area contributed by atoms with E-state index in [2.05, 4.69) is 20.8 Å². The summed E-state index contributed by atoms with van der Waals surface area (Å²) in [4.78, 5) is 47.2. The van der Waals surface area contributed by atoms with Gasteiger partial charge in [-0.25, -0.2) is 0 Å². The number of hydrogen-bond donors (Lipinski definition) is 0. The molecule has 10 heteroatoms. The standard InChI is InChI=1S/C24H38O10/c1-12(2)18-9-8-13(3)10-19(18)33-24-23(32-17(7)28)22(31-16(6)27)21(30-15(5)26)20(34-24)11-29-14(4)25/h12-13,18-24H,8-11H2,1-7H3/t13-,18+,19-,20-,21-,22+,23-,24?/m1/s1. The normalized spacial score (nSPS) is 33.6. The second kappa shape index (κ2) is 12.5. The van der Waals surface area contributed by atoms with Gasteiger partial charge >= 0.3 is 23.9 Å². The Hall–Kier alpha value is -2.20. The van der Waals surface area contributed by atoms with Gasteiger partial charge in [0.2, 0.25) is 0 Å². The van der Waals surface area contributed by atoms with Gasteiger partial charge in [-0.15, -0.1) is 0 Å². The number of esters is 4. The Balaban J connectivity index is 2.43. The predicted molar refractivity (Wildman–Crippen MR) is 118 cm³/mol. The van der Waals surface area contributed by atoms with Crippen molar-refractivity contribution in [1.82, 2.24) is 0 Å². The van der Waals surface area contributed by atoms with Gasteiger partial charge in [0, 0.05) is 27.7 Å². The van der Waals surface area contributed by atoms with Crippen molar-refractivity contribution in [2.45, 2.75) is 105 Å². The molecule has 1 heterocycles. The van der Waals surface area contributed by atoms with Crippen LogP contribution in [0.2, 0.25) is 0 Å². The highest BCUT2D eigenvalue weighted by Crippen LogP contribution is 2.38. The molecule has 2 aliphatic rings. The molecule has 1 unspecified atom stereocenters. The van der Waals surface area contributed by atoms with Crippen LogP contribution in [0, 0.1) is 17.8 Å². The summed E-state index contributed by atoms with van der Waals surface area (Å²) in [6, 6.07) is 0. The Bertz CT molecular complexity index is 735. The van der Waals surface area contributed by atoms with Crippen LogP contribution in [0.4, 0.5) is 0 Å². The van der Waals surface area contributed by atoms with Crippen LogP contribution in [0.25, 0.3) is 0 Å². The van der Waals surface area contributed by atoms with Crippen molar-refractivity contribution in [3.63, 3.8) is 0 Å². The Morgan fingerprint density at radius 3 is 1.91 bits per heavy atom. The van der Waals surface area contributed by atoms with Crippen LogP contribution in [-0.4, -0.2) is 67.3 Å². The highest BCUT2D eigenvalue weighted by molar-refractivity contribution is 5.68. The zero-order valence-electron chi connectivity index (χ0n) is 21.1. The molecule has 10 nitrogen and oxygen atoms in total. The van der Waals surface area contributed by atoms with E-state index in [1.54, 1.807) is 0 Å². The number of rotatable bonds is 8. The highest BCUT2D eigenvalue weighted by atomic mass is 16.7. The van der Waals surface area contributed by atoms with Crippen LogP contribution in [0.1, 0.15) is 67.7 Å². The third-order valence-corrected chi connectivity index (χ3v) is 6.22. The van der Waals surface area contributed by atoms with Gasteiger partial charge < -0.3 is 28.4 Å². The average molecular weight is 487 g/mol. The smallest absolute Gasteiger partial charge is 0.303 e. The molecule has 2 fully saturated rings. The van der Waals surface area contributed by atoms with Gasteiger partial charge in [-0.3, -0.25) is 19.2 Å².